The number of hydrogen-bond donors (Lipinski definition) is 2. The van der Waals surface area contributed by atoms with E-state index in [1.165, 1.54) is 0 Å². The minimum atomic E-state index is -0.349. The van der Waals surface area contributed by atoms with Crippen molar-refractivity contribution in [2.45, 2.75) is 19.3 Å². The highest BCUT2D eigenvalue weighted by Crippen LogP contribution is 2.17. The molecule has 2 amide bonds. The fourth-order valence-electron chi connectivity index (χ4n) is 2.15. The van der Waals surface area contributed by atoms with Crippen LogP contribution in [-0.2, 0) is 17.7 Å². The van der Waals surface area contributed by atoms with E-state index in [0.29, 0.717) is 19.6 Å². The number of para-hydroxylation sites is 1. The molecule has 2 aromatic rings. The lowest BCUT2D eigenvalue weighted by Gasteiger charge is -2.10. The van der Waals surface area contributed by atoms with Gasteiger partial charge >= 0.3 is 6.03 Å². The van der Waals surface area contributed by atoms with Gasteiger partial charge in [0.25, 0.3) is 0 Å². The largest absolute Gasteiger partial charge is 0.496 e. The summed E-state index contributed by atoms with van der Waals surface area (Å²) in [6.07, 6.45) is 3.89. The molecule has 124 valence electrons. The van der Waals surface area contributed by atoms with E-state index in [1.807, 2.05) is 36.4 Å². The van der Waals surface area contributed by atoms with E-state index in [-0.39, 0.29) is 6.03 Å². The Bertz CT molecular complexity index is 584. The molecule has 6 nitrogen and oxygen atoms in total. The Hall–Kier alpha value is -2.47. The molecule has 1 heterocycles. The van der Waals surface area contributed by atoms with Crippen LogP contribution in [0.4, 0.5) is 4.79 Å². The number of ether oxygens (including phenoxy) is 1. The van der Waals surface area contributed by atoms with E-state index >= 15 is 0 Å². The fraction of sp³-hybridized carbons (Fsp3) is 0.353. The average Bonchev–Trinajstić information content (AvgIpc) is 3.08. The number of carbonyl (C=O) groups excluding carboxylic acids is 1. The molecule has 0 saturated heterocycles. The van der Waals surface area contributed by atoms with Gasteiger partial charge < -0.3 is 14.5 Å². The van der Waals surface area contributed by atoms with Gasteiger partial charge in [-0.3, -0.25) is 4.84 Å². The van der Waals surface area contributed by atoms with Gasteiger partial charge in [0, 0.05) is 13.0 Å². The molecule has 0 spiro atoms. The Morgan fingerprint density at radius 3 is 2.83 bits per heavy atom. The number of aryl methyl sites for hydroxylation is 1. The smallest absolute Gasteiger partial charge is 0.338 e. The molecule has 1 aromatic carbocycles. The molecule has 0 aliphatic carbocycles. The van der Waals surface area contributed by atoms with Gasteiger partial charge in [0.05, 0.1) is 20.0 Å². The van der Waals surface area contributed by atoms with Gasteiger partial charge in [-0.25, -0.2) is 10.3 Å². The second kappa shape index (κ2) is 9.53. The molecule has 0 unspecified atom stereocenters. The van der Waals surface area contributed by atoms with Gasteiger partial charge in [-0.05, 0) is 36.6 Å². The predicted octanol–water partition coefficient (Wildman–Crippen LogP) is 2.69. The lowest BCUT2D eigenvalue weighted by Crippen LogP contribution is -2.36. The van der Waals surface area contributed by atoms with Gasteiger partial charge in [0.15, 0.2) is 0 Å². The van der Waals surface area contributed by atoms with Crippen molar-refractivity contribution >= 4 is 6.03 Å². The third kappa shape index (κ3) is 6.04. The van der Waals surface area contributed by atoms with Crippen molar-refractivity contribution < 1.29 is 18.8 Å². The summed E-state index contributed by atoms with van der Waals surface area (Å²) >= 11 is 0. The van der Waals surface area contributed by atoms with Gasteiger partial charge in [-0.1, -0.05) is 18.2 Å². The highest BCUT2D eigenvalue weighted by Gasteiger charge is 2.04. The van der Waals surface area contributed by atoms with Crippen molar-refractivity contribution in [3.8, 4) is 5.75 Å². The molecule has 23 heavy (non-hydrogen) atoms. The summed E-state index contributed by atoms with van der Waals surface area (Å²) in [6.45, 7) is 0.933. The van der Waals surface area contributed by atoms with Crippen LogP contribution < -0.4 is 15.5 Å². The maximum absolute atomic E-state index is 11.6. The van der Waals surface area contributed by atoms with Crippen LogP contribution >= 0.6 is 0 Å². The minimum absolute atomic E-state index is 0.349. The fourth-order valence-corrected chi connectivity index (χ4v) is 2.15. The number of carbonyl (C=O) groups is 1. The maximum Gasteiger partial charge on any atom is 0.338 e. The van der Waals surface area contributed by atoms with Crippen LogP contribution in [0.25, 0.3) is 0 Å². The zero-order valence-corrected chi connectivity index (χ0v) is 13.2. The Kier molecular flexibility index (Phi) is 7.00. The molecule has 0 radical (unpaired) electrons. The van der Waals surface area contributed by atoms with E-state index in [0.717, 1.165) is 29.9 Å². The van der Waals surface area contributed by atoms with Crippen LogP contribution in [0.2, 0.25) is 0 Å². The first-order valence-electron chi connectivity index (χ1n) is 7.59. The summed E-state index contributed by atoms with van der Waals surface area (Å²) in [4.78, 5) is 16.7. The third-order valence-corrected chi connectivity index (χ3v) is 3.29. The summed E-state index contributed by atoms with van der Waals surface area (Å²) in [7, 11) is 1.63. The summed E-state index contributed by atoms with van der Waals surface area (Å²) in [6, 6.07) is 11.2. The highest BCUT2D eigenvalue weighted by atomic mass is 16.7. The van der Waals surface area contributed by atoms with Crippen molar-refractivity contribution in [2.75, 3.05) is 20.3 Å². The van der Waals surface area contributed by atoms with Crippen LogP contribution in [0.15, 0.2) is 47.1 Å². The lowest BCUT2D eigenvalue weighted by atomic mass is 10.1. The van der Waals surface area contributed by atoms with Gasteiger partial charge in [0.1, 0.15) is 11.5 Å². The van der Waals surface area contributed by atoms with Crippen molar-refractivity contribution in [2.24, 2.45) is 0 Å². The predicted molar refractivity (Wildman–Crippen MR) is 86.2 cm³/mol. The van der Waals surface area contributed by atoms with Crippen molar-refractivity contribution in [1.29, 1.82) is 0 Å². The normalized spacial score (nSPS) is 10.3. The highest BCUT2D eigenvalue weighted by molar-refractivity contribution is 5.72. The summed E-state index contributed by atoms with van der Waals surface area (Å²) in [5.41, 5.74) is 3.42. The molecule has 2 rings (SSSR count). The molecule has 2 N–H and O–H groups in total. The number of hydrogen-bond acceptors (Lipinski definition) is 4. The van der Waals surface area contributed by atoms with Crippen LogP contribution in [-0.4, -0.2) is 26.3 Å². The Labute approximate surface area is 135 Å². The summed E-state index contributed by atoms with van der Waals surface area (Å²) < 4.78 is 10.5. The van der Waals surface area contributed by atoms with Crippen LogP contribution in [0.5, 0.6) is 5.75 Å². The first-order valence-corrected chi connectivity index (χ1v) is 7.59. The maximum atomic E-state index is 11.6. The first-order chi connectivity index (χ1) is 11.3. The zero-order valence-electron chi connectivity index (χ0n) is 13.2. The van der Waals surface area contributed by atoms with Gasteiger partial charge in [-0.15, -0.1) is 0 Å². The second-order valence-corrected chi connectivity index (χ2v) is 4.95. The number of nitrogens with one attached hydrogen (secondary N) is 2. The Balaban J connectivity index is 1.54. The summed E-state index contributed by atoms with van der Waals surface area (Å²) in [5.74, 6) is 1.73. The van der Waals surface area contributed by atoms with Crippen LogP contribution in [0, 0.1) is 0 Å². The first kappa shape index (κ1) is 16.9. The molecule has 1 aromatic heterocycles. The number of methoxy groups -OCH3 is 1. The quantitative estimate of drug-likeness (QED) is 0.551. The molecule has 6 heteroatoms. The molecule has 0 aliphatic rings. The molecule has 0 saturated carbocycles. The number of furan rings is 1. The molecule has 0 fully saturated rings. The van der Waals surface area contributed by atoms with E-state index in [2.05, 4.69) is 10.8 Å². The molecule has 0 aliphatic heterocycles. The topological polar surface area (TPSA) is 72.7 Å². The average molecular weight is 318 g/mol. The standard InChI is InChI=1S/C17H22N2O4/c1-21-16-9-3-2-6-14(16)10-11-18-17(20)19-23-13-5-8-15-7-4-12-22-15/h2-4,6-7,9,12H,5,8,10-11,13H2,1H3,(H2,18,19,20). The number of urea groups is 1. The van der Waals surface area contributed by atoms with Crippen LogP contribution in [0.1, 0.15) is 17.7 Å². The SMILES string of the molecule is COc1ccccc1CCNC(=O)NOCCCc1ccco1. The van der Waals surface area contributed by atoms with Gasteiger partial charge in [0.2, 0.25) is 0 Å². The van der Waals surface area contributed by atoms with E-state index < -0.39 is 0 Å². The van der Waals surface area contributed by atoms with Crippen LogP contribution in [0.3, 0.4) is 0 Å². The molecule has 0 atom stereocenters. The second-order valence-electron chi connectivity index (χ2n) is 4.95. The van der Waals surface area contributed by atoms with E-state index in [1.54, 1.807) is 13.4 Å². The van der Waals surface area contributed by atoms with Gasteiger partial charge in [-0.2, -0.15) is 0 Å². The van der Waals surface area contributed by atoms with E-state index in [4.69, 9.17) is 14.0 Å². The Morgan fingerprint density at radius 2 is 2.04 bits per heavy atom. The monoisotopic (exact) mass is 318 g/mol. The molecular formula is C17H22N2O4. The number of benzene rings is 1. The number of amides is 2. The number of rotatable bonds is 9. The summed E-state index contributed by atoms with van der Waals surface area (Å²) in [5, 5.41) is 2.74. The van der Waals surface area contributed by atoms with E-state index in [9.17, 15) is 4.79 Å². The lowest BCUT2D eigenvalue weighted by molar-refractivity contribution is 0.0593. The van der Waals surface area contributed by atoms with Crippen molar-refractivity contribution in [3.05, 3.63) is 54.0 Å². The third-order valence-electron chi connectivity index (χ3n) is 3.29. The van der Waals surface area contributed by atoms with Crippen molar-refractivity contribution in [3.63, 3.8) is 0 Å². The minimum Gasteiger partial charge on any atom is -0.496 e. The Morgan fingerprint density at radius 1 is 1.17 bits per heavy atom. The van der Waals surface area contributed by atoms with Crippen molar-refractivity contribution in [1.82, 2.24) is 10.8 Å². The number of hydroxylamine groups is 1. The zero-order chi connectivity index (χ0) is 16.3. The molecule has 0 bridgehead atoms. The molecular weight excluding hydrogens is 296 g/mol.